The van der Waals surface area contributed by atoms with Crippen LogP contribution >= 0.6 is 0 Å². The number of hydrogen-bond donors (Lipinski definition) is 0. The molecule has 0 atom stereocenters. The minimum Gasteiger partial charge on any atom is -0.452 e. The Labute approximate surface area is 302 Å². The van der Waals surface area contributed by atoms with Crippen molar-refractivity contribution in [3.63, 3.8) is 0 Å². The topological polar surface area (TPSA) is 48.3 Å². The average molecular weight is 677 g/mol. The number of aromatic nitrogens is 4. The Morgan fingerprint density at radius 1 is 0.566 bits per heavy atom. The number of hydrogen-bond acceptors (Lipinski definition) is 3. The Morgan fingerprint density at radius 3 is 2.26 bits per heavy atom. The van der Waals surface area contributed by atoms with Crippen molar-refractivity contribution in [3.8, 4) is 17.2 Å². The molecule has 53 heavy (non-hydrogen) atoms. The zero-order valence-electron chi connectivity index (χ0n) is 28.5. The largest absolute Gasteiger partial charge is 0.452 e. The molecule has 5 heterocycles. The highest BCUT2D eigenvalue weighted by Gasteiger charge is 2.27. The first-order chi connectivity index (χ1) is 26.3. The van der Waals surface area contributed by atoms with Crippen molar-refractivity contribution in [2.45, 2.75) is 12.8 Å². The molecule has 5 nitrogen and oxygen atoms in total. The van der Waals surface area contributed by atoms with Gasteiger partial charge in [0.2, 0.25) is 5.95 Å². The summed E-state index contributed by atoms with van der Waals surface area (Å²) in [7, 11) is 0. The molecule has 12 aromatic rings. The highest BCUT2D eigenvalue weighted by Crippen LogP contribution is 2.48. The van der Waals surface area contributed by atoms with Crippen molar-refractivity contribution in [1.29, 1.82) is 0 Å². The van der Waals surface area contributed by atoms with Gasteiger partial charge in [-0.15, -0.1) is 0 Å². The van der Waals surface area contributed by atoms with E-state index in [9.17, 15) is 0 Å². The molecule has 0 bridgehead atoms. The summed E-state index contributed by atoms with van der Waals surface area (Å²) in [5, 5.41) is 10.8. The van der Waals surface area contributed by atoms with Crippen LogP contribution in [-0.2, 0) is 6.42 Å². The lowest BCUT2D eigenvalue weighted by Crippen LogP contribution is -2.03. The third-order valence-corrected chi connectivity index (χ3v) is 11.7. The lowest BCUT2D eigenvalue weighted by Gasteiger charge is -2.13. The molecule has 0 N–H and O–H groups in total. The standard InChI is InChI=1S/C48H28N4O/c1-2-13-29-25-30(22-21-27(29)11-1)42-47-43(35-17-7-10-20-40(35)53-47)50-48(49-42)52-38-18-8-5-15-32(38)36-26-37-33-24-23-28-12-3-4-14-31(28)44(33)51-39-19-9-6-16-34(39)41(45(37)51)46(36)52/h2-10,12-26H,1,11H2. The van der Waals surface area contributed by atoms with Gasteiger partial charge >= 0.3 is 0 Å². The van der Waals surface area contributed by atoms with Crippen molar-refractivity contribution in [3.05, 3.63) is 151 Å². The first-order valence-electron chi connectivity index (χ1n) is 18.3. The van der Waals surface area contributed by atoms with Gasteiger partial charge in [-0.05, 0) is 65.8 Å². The van der Waals surface area contributed by atoms with E-state index in [1.807, 2.05) is 12.1 Å². The summed E-state index contributed by atoms with van der Waals surface area (Å²) < 4.78 is 11.4. The van der Waals surface area contributed by atoms with Crippen LogP contribution in [-0.4, -0.2) is 18.9 Å². The molecule has 5 heteroatoms. The molecular formula is C48H28N4O. The van der Waals surface area contributed by atoms with Crippen LogP contribution < -0.4 is 0 Å². The summed E-state index contributed by atoms with van der Waals surface area (Å²) in [5.74, 6) is 0.631. The van der Waals surface area contributed by atoms with Gasteiger partial charge in [-0.25, -0.2) is 9.97 Å². The zero-order valence-corrected chi connectivity index (χ0v) is 28.5. The van der Waals surface area contributed by atoms with Gasteiger partial charge in [0.1, 0.15) is 16.8 Å². The fraction of sp³-hybridized carbons (Fsp3) is 0.0417. The molecule has 1 aliphatic carbocycles. The number of furan rings is 1. The van der Waals surface area contributed by atoms with Gasteiger partial charge in [0.05, 0.1) is 27.6 Å². The zero-order chi connectivity index (χ0) is 34.4. The lowest BCUT2D eigenvalue weighted by atomic mass is 9.94. The molecule has 0 spiro atoms. The third kappa shape index (κ3) is 3.51. The molecule has 0 saturated carbocycles. The summed E-state index contributed by atoms with van der Waals surface area (Å²) in [6, 6.07) is 48.2. The SMILES string of the molecule is C1=Cc2cc(-c3nc(-n4c5ccccc5c5cc6c7ccc8ccccc8c7n7c8ccccc8c(c54)c67)nc4c3oc3ccccc34)ccc2CC1. The number of nitrogens with zero attached hydrogens (tertiary/aromatic N) is 4. The summed E-state index contributed by atoms with van der Waals surface area (Å²) in [6.07, 6.45) is 6.61. The van der Waals surface area contributed by atoms with E-state index in [4.69, 9.17) is 14.4 Å². The molecule has 0 unspecified atom stereocenters. The van der Waals surface area contributed by atoms with Crippen molar-refractivity contribution < 1.29 is 4.42 Å². The maximum absolute atomic E-state index is 6.60. The van der Waals surface area contributed by atoms with Crippen LogP contribution in [0.4, 0.5) is 0 Å². The van der Waals surface area contributed by atoms with Gasteiger partial charge in [-0.2, -0.15) is 0 Å². The Kier molecular flexibility index (Phi) is 5.16. The molecule has 7 aromatic carbocycles. The molecule has 5 aromatic heterocycles. The van der Waals surface area contributed by atoms with Gasteiger partial charge in [-0.3, -0.25) is 4.57 Å². The quantitative estimate of drug-likeness (QED) is 0.183. The lowest BCUT2D eigenvalue weighted by molar-refractivity contribution is 0.666. The predicted octanol–water partition coefficient (Wildman–Crippen LogP) is 12.4. The molecule has 0 aliphatic heterocycles. The van der Waals surface area contributed by atoms with E-state index in [1.54, 1.807) is 0 Å². The van der Waals surface area contributed by atoms with Gasteiger partial charge in [0.15, 0.2) is 5.58 Å². The fourth-order valence-electron chi connectivity index (χ4n) is 9.41. The van der Waals surface area contributed by atoms with E-state index in [-0.39, 0.29) is 0 Å². The van der Waals surface area contributed by atoms with E-state index in [0.29, 0.717) is 11.5 Å². The maximum Gasteiger partial charge on any atom is 0.236 e. The molecule has 246 valence electrons. The Balaban J connectivity index is 1.24. The number of benzene rings is 7. The maximum atomic E-state index is 6.60. The number of rotatable bonds is 2. The first-order valence-corrected chi connectivity index (χ1v) is 18.3. The highest BCUT2D eigenvalue weighted by molar-refractivity contribution is 6.35. The van der Waals surface area contributed by atoms with E-state index < -0.39 is 0 Å². The van der Waals surface area contributed by atoms with Crippen LogP contribution in [0.1, 0.15) is 17.5 Å². The Bertz CT molecular complexity index is 3580. The number of allylic oxidation sites excluding steroid dienone is 1. The van der Waals surface area contributed by atoms with Gasteiger partial charge < -0.3 is 8.82 Å². The first kappa shape index (κ1) is 27.7. The predicted molar refractivity (Wildman–Crippen MR) is 219 cm³/mol. The van der Waals surface area contributed by atoms with Crippen molar-refractivity contribution in [2.75, 3.05) is 0 Å². The van der Waals surface area contributed by atoms with Crippen LogP contribution in [0.25, 0.3) is 116 Å². The normalized spacial score (nSPS) is 13.4. The number of para-hydroxylation sites is 3. The van der Waals surface area contributed by atoms with E-state index in [1.165, 1.54) is 70.8 Å². The molecular weight excluding hydrogens is 649 g/mol. The minimum absolute atomic E-state index is 0.631. The Hall–Kier alpha value is -6.98. The Morgan fingerprint density at radius 2 is 1.34 bits per heavy atom. The fourth-order valence-corrected chi connectivity index (χ4v) is 9.41. The van der Waals surface area contributed by atoms with Crippen LogP contribution in [0.5, 0.6) is 0 Å². The van der Waals surface area contributed by atoms with Crippen molar-refractivity contribution >= 4 is 98.8 Å². The van der Waals surface area contributed by atoms with E-state index in [0.717, 1.165) is 51.6 Å². The second-order valence-corrected chi connectivity index (χ2v) is 14.4. The summed E-state index contributed by atoms with van der Waals surface area (Å²) in [4.78, 5) is 10.9. The molecule has 13 rings (SSSR count). The van der Waals surface area contributed by atoms with Gasteiger partial charge in [0, 0.05) is 48.7 Å². The van der Waals surface area contributed by atoms with Crippen LogP contribution in [0, 0.1) is 0 Å². The monoisotopic (exact) mass is 676 g/mol. The highest BCUT2D eigenvalue weighted by atomic mass is 16.3. The molecule has 0 amide bonds. The third-order valence-electron chi connectivity index (χ3n) is 11.7. The number of fused-ring (bicyclic) bond motifs is 16. The molecule has 1 aliphatic rings. The van der Waals surface area contributed by atoms with Crippen LogP contribution in [0.2, 0.25) is 0 Å². The van der Waals surface area contributed by atoms with Crippen molar-refractivity contribution in [1.82, 2.24) is 18.9 Å². The summed E-state index contributed by atoms with van der Waals surface area (Å²) in [5.41, 5.74) is 12.6. The van der Waals surface area contributed by atoms with Crippen LogP contribution in [0.15, 0.2) is 144 Å². The molecule has 0 fully saturated rings. The van der Waals surface area contributed by atoms with Crippen LogP contribution in [0.3, 0.4) is 0 Å². The minimum atomic E-state index is 0.631. The van der Waals surface area contributed by atoms with E-state index in [2.05, 4.69) is 142 Å². The molecule has 0 saturated heterocycles. The van der Waals surface area contributed by atoms with E-state index >= 15 is 0 Å². The van der Waals surface area contributed by atoms with Crippen molar-refractivity contribution in [2.24, 2.45) is 0 Å². The number of aryl methyl sites for hydroxylation is 1. The van der Waals surface area contributed by atoms with Gasteiger partial charge in [0.25, 0.3) is 0 Å². The molecule has 0 radical (unpaired) electrons. The second-order valence-electron chi connectivity index (χ2n) is 14.4. The summed E-state index contributed by atoms with van der Waals surface area (Å²) >= 11 is 0. The van der Waals surface area contributed by atoms with Gasteiger partial charge in [-0.1, -0.05) is 109 Å². The average Bonchev–Trinajstić information content (AvgIpc) is 3.95. The summed E-state index contributed by atoms with van der Waals surface area (Å²) in [6.45, 7) is 0. The smallest absolute Gasteiger partial charge is 0.236 e. The second kappa shape index (κ2) is 9.87.